The predicted molar refractivity (Wildman–Crippen MR) is 87.5 cm³/mol. The summed E-state index contributed by atoms with van der Waals surface area (Å²) >= 11 is 11.8. The maximum atomic E-state index is 12.3. The molecule has 0 aliphatic heterocycles. The summed E-state index contributed by atoms with van der Waals surface area (Å²) in [6.45, 7) is 4.32. The first-order chi connectivity index (χ1) is 10.0. The molecule has 110 valence electrons. The Labute approximate surface area is 133 Å². The van der Waals surface area contributed by atoms with Gasteiger partial charge in [0.05, 0.1) is 21.9 Å². The van der Waals surface area contributed by atoms with E-state index in [4.69, 9.17) is 23.2 Å². The van der Waals surface area contributed by atoms with E-state index in [0.717, 1.165) is 11.4 Å². The van der Waals surface area contributed by atoms with Crippen LogP contribution in [0.5, 0.6) is 0 Å². The van der Waals surface area contributed by atoms with Crippen LogP contribution >= 0.6 is 23.2 Å². The van der Waals surface area contributed by atoms with Gasteiger partial charge in [0.25, 0.3) is 0 Å². The topological polar surface area (TPSA) is 45.2 Å². The van der Waals surface area contributed by atoms with Crippen molar-refractivity contribution >= 4 is 40.6 Å². The minimum absolute atomic E-state index is 0.249. The van der Waals surface area contributed by atoms with Gasteiger partial charge in [-0.1, -0.05) is 23.2 Å². The quantitative estimate of drug-likeness (QED) is 0.885. The molecular formula is C15H15Cl2N3O. The largest absolute Gasteiger partial charge is 0.326 e. The van der Waals surface area contributed by atoms with Gasteiger partial charge in [-0.3, -0.25) is 9.88 Å². The van der Waals surface area contributed by atoms with Crippen molar-refractivity contribution < 1.29 is 4.79 Å². The average molecular weight is 324 g/mol. The number of pyridine rings is 1. The third-order valence-electron chi connectivity index (χ3n) is 2.94. The summed E-state index contributed by atoms with van der Waals surface area (Å²) in [5.41, 5.74) is 2.23. The molecule has 2 amide bonds. The summed E-state index contributed by atoms with van der Waals surface area (Å²) in [4.78, 5) is 18.1. The van der Waals surface area contributed by atoms with Crippen LogP contribution in [-0.2, 0) is 0 Å². The summed E-state index contributed by atoms with van der Waals surface area (Å²) in [7, 11) is 0. The number of hydrogen-bond acceptors (Lipinski definition) is 2. The second-order valence-corrected chi connectivity index (χ2v) is 5.28. The maximum Gasteiger partial charge on any atom is 0.326 e. The predicted octanol–water partition coefficient (Wildman–Crippen LogP) is 4.76. The van der Waals surface area contributed by atoms with Crippen LogP contribution in [0.25, 0.3) is 0 Å². The fraction of sp³-hybridized carbons (Fsp3) is 0.200. The van der Waals surface area contributed by atoms with Crippen molar-refractivity contribution in [3.05, 3.63) is 52.3 Å². The molecule has 2 aromatic rings. The van der Waals surface area contributed by atoms with E-state index < -0.39 is 0 Å². The first-order valence-corrected chi connectivity index (χ1v) is 7.23. The number of hydrogen-bond donors (Lipinski definition) is 1. The van der Waals surface area contributed by atoms with E-state index in [-0.39, 0.29) is 6.03 Å². The molecule has 0 aliphatic carbocycles. The number of aromatic nitrogens is 1. The molecule has 0 bridgehead atoms. The number of nitrogens with zero attached hydrogens (tertiary/aromatic N) is 2. The number of carbonyl (C=O) groups is 1. The van der Waals surface area contributed by atoms with Crippen molar-refractivity contribution in [1.29, 1.82) is 0 Å². The average Bonchev–Trinajstić information content (AvgIpc) is 2.46. The Morgan fingerprint density at radius 3 is 2.57 bits per heavy atom. The second kappa shape index (κ2) is 6.78. The SMILES string of the molecule is CCN(C(=O)Nc1ccc(Cl)c(Cl)c1)c1ccc(C)nc1. The molecule has 0 atom stereocenters. The Hall–Kier alpha value is -1.78. The fourth-order valence-electron chi connectivity index (χ4n) is 1.83. The lowest BCUT2D eigenvalue weighted by Crippen LogP contribution is -2.34. The lowest BCUT2D eigenvalue weighted by atomic mass is 10.3. The highest BCUT2D eigenvalue weighted by Gasteiger charge is 2.14. The van der Waals surface area contributed by atoms with Crippen LogP contribution in [0.3, 0.4) is 0 Å². The molecule has 1 aromatic carbocycles. The van der Waals surface area contributed by atoms with Gasteiger partial charge in [0, 0.05) is 17.9 Å². The third kappa shape index (κ3) is 3.86. The van der Waals surface area contributed by atoms with Crippen LogP contribution in [0.4, 0.5) is 16.2 Å². The van der Waals surface area contributed by atoms with Crippen LogP contribution in [0, 0.1) is 6.92 Å². The molecule has 1 N–H and O–H groups in total. The van der Waals surface area contributed by atoms with E-state index in [0.29, 0.717) is 22.3 Å². The number of aryl methyl sites for hydroxylation is 1. The van der Waals surface area contributed by atoms with E-state index in [1.165, 1.54) is 0 Å². The van der Waals surface area contributed by atoms with Crippen LogP contribution < -0.4 is 10.2 Å². The summed E-state index contributed by atoms with van der Waals surface area (Å²) in [5.74, 6) is 0. The molecular weight excluding hydrogens is 309 g/mol. The highest BCUT2D eigenvalue weighted by molar-refractivity contribution is 6.42. The van der Waals surface area contributed by atoms with E-state index in [9.17, 15) is 4.79 Å². The van der Waals surface area contributed by atoms with Crippen LogP contribution in [0.1, 0.15) is 12.6 Å². The minimum atomic E-state index is -0.249. The van der Waals surface area contributed by atoms with Gasteiger partial charge in [0.1, 0.15) is 0 Å². The van der Waals surface area contributed by atoms with Crippen molar-refractivity contribution in [2.45, 2.75) is 13.8 Å². The minimum Gasteiger partial charge on any atom is -0.307 e. The number of amides is 2. The number of nitrogens with one attached hydrogen (secondary N) is 1. The van der Waals surface area contributed by atoms with E-state index >= 15 is 0 Å². The molecule has 4 nitrogen and oxygen atoms in total. The Kier molecular flexibility index (Phi) is 5.04. The van der Waals surface area contributed by atoms with E-state index in [1.807, 2.05) is 26.0 Å². The summed E-state index contributed by atoms with van der Waals surface area (Å²) in [6, 6.07) is 8.44. The molecule has 0 spiro atoms. The van der Waals surface area contributed by atoms with Crippen molar-refractivity contribution in [3.63, 3.8) is 0 Å². The highest BCUT2D eigenvalue weighted by Crippen LogP contribution is 2.25. The number of halogens is 2. The molecule has 21 heavy (non-hydrogen) atoms. The smallest absolute Gasteiger partial charge is 0.307 e. The van der Waals surface area contributed by atoms with Gasteiger partial charge in [-0.25, -0.2) is 4.79 Å². The molecule has 0 fully saturated rings. The van der Waals surface area contributed by atoms with E-state index in [2.05, 4.69) is 10.3 Å². The Morgan fingerprint density at radius 2 is 2.00 bits per heavy atom. The van der Waals surface area contributed by atoms with Gasteiger partial charge >= 0.3 is 6.03 Å². The van der Waals surface area contributed by atoms with Gasteiger partial charge in [-0.05, 0) is 44.2 Å². The Morgan fingerprint density at radius 1 is 1.24 bits per heavy atom. The number of rotatable bonds is 3. The highest BCUT2D eigenvalue weighted by atomic mass is 35.5. The van der Waals surface area contributed by atoms with Gasteiger partial charge < -0.3 is 5.32 Å². The molecule has 0 radical (unpaired) electrons. The summed E-state index contributed by atoms with van der Waals surface area (Å²) < 4.78 is 0. The summed E-state index contributed by atoms with van der Waals surface area (Å²) in [5, 5.41) is 3.64. The normalized spacial score (nSPS) is 10.3. The van der Waals surface area contributed by atoms with Crippen LogP contribution in [0.15, 0.2) is 36.5 Å². The molecule has 6 heteroatoms. The number of urea groups is 1. The number of anilines is 2. The maximum absolute atomic E-state index is 12.3. The van der Waals surface area contributed by atoms with Gasteiger partial charge in [-0.15, -0.1) is 0 Å². The number of carbonyl (C=O) groups excluding carboxylic acids is 1. The molecule has 1 aromatic heterocycles. The van der Waals surface area contributed by atoms with Crippen molar-refractivity contribution in [3.8, 4) is 0 Å². The third-order valence-corrected chi connectivity index (χ3v) is 3.68. The fourth-order valence-corrected chi connectivity index (χ4v) is 2.13. The monoisotopic (exact) mass is 323 g/mol. The standard InChI is InChI=1S/C15H15Cl2N3O/c1-3-20(12-6-4-10(2)18-9-12)15(21)19-11-5-7-13(16)14(17)8-11/h4-9H,3H2,1-2H3,(H,19,21). The molecule has 1 heterocycles. The van der Waals surface area contributed by atoms with E-state index in [1.54, 1.807) is 29.3 Å². The molecule has 0 unspecified atom stereocenters. The zero-order chi connectivity index (χ0) is 15.4. The molecule has 0 saturated carbocycles. The van der Waals surface area contributed by atoms with Crippen molar-refractivity contribution in [2.24, 2.45) is 0 Å². The van der Waals surface area contributed by atoms with Crippen LogP contribution in [-0.4, -0.2) is 17.6 Å². The molecule has 0 saturated heterocycles. The lowest BCUT2D eigenvalue weighted by molar-refractivity contribution is 0.257. The number of benzene rings is 1. The Bertz CT molecular complexity index is 644. The zero-order valence-corrected chi connectivity index (χ0v) is 13.2. The molecule has 0 aliphatic rings. The Balaban J connectivity index is 2.16. The second-order valence-electron chi connectivity index (χ2n) is 4.46. The zero-order valence-electron chi connectivity index (χ0n) is 11.7. The lowest BCUT2D eigenvalue weighted by Gasteiger charge is -2.21. The molecule has 2 rings (SSSR count). The van der Waals surface area contributed by atoms with Crippen molar-refractivity contribution in [2.75, 3.05) is 16.8 Å². The first-order valence-electron chi connectivity index (χ1n) is 6.47. The van der Waals surface area contributed by atoms with Gasteiger partial charge in [0.2, 0.25) is 0 Å². The van der Waals surface area contributed by atoms with Gasteiger partial charge in [0.15, 0.2) is 0 Å². The van der Waals surface area contributed by atoms with Crippen molar-refractivity contribution in [1.82, 2.24) is 4.98 Å². The van der Waals surface area contributed by atoms with Crippen LogP contribution in [0.2, 0.25) is 10.0 Å². The van der Waals surface area contributed by atoms with Gasteiger partial charge in [-0.2, -0.15) is 0 Å². The summed E-state index contributed by atoms with van der Waals surface area (Å²) in [6.07, 6.45) is 1.67. The first kappa shape index (κ1) is 15.6.